The molecule has 0 radical (unpaired) electrons. The minimum atomic E-state index is -0.126. The van der Waals surface area contributed by atoms with E-state index in [0.717, 1.165) is 16.3 Å². The molecule has 0 amide bonds. The molecular weight excluding hydrogens is 280 g/mol. The molecule has 1 atom stereocenters. The Kier molecular flexibility index (Phi) is 5.07. The average molecular weight is 295 g/mol. The van der Waals surface area contributed by atoms with Gasteiger partial charge in [0.25, 0.3) is 0 Å². The maximum atomic E-state index is 6.20. The molecule has 1 aromatic carbocycles. The number of rotatable bonds is 5. The lowest BCUT2D eigenvalue weighted by atomic mass is 10.1. The Morgan fingerprint density at radius 3 is 2.84 bits per heavy atom. The number of aromatic nitrogens is 1. The summed E-state index contributed by atoms with van der Waals surface area (Å²) < 4.78 is 5.31. The van der Waals surface area contributed by atoms with Crippen LogP contribution in [0.3, 0.4) is 0 Å². The fourth-order valence-electron chi connectivity index (χ4n) is 1.71. The number of halogens is 1. The number of pyridine rings is 1. The summed E-state index contributed by atoms with van der Waals surface area (Å²) in [6.45, 7) is 0. The fourth-order valence-corrected chi connectivity index (χ4v) is 2.85. The molecule has 0 aliphatic carbocycles. The normalized spacial score (nSPS) is 12.2. The van der Waals surface area contributed by atoms with Crippen LogP contribution in [0.4, 0.5) is 0 Å². The predicted octanol–water partition coefficient (Wildman–Crippen LogP) is 3.54. The molecule has 2 rings (SSSR count). The van der Waals surface area contributed by atoms with Crippen molar-refractivity contribution in [3.63, 3.8) is 0 Å². The molecule has 1 heterocycles. The van der Waals surface area contributed by atoms with E-state index in [4.69, 9.17) is 22.1 Å². The summed E-state index contributed by atoms with van der Waals surface area (Å²) in [7, 11) is 1.65. The second-order valence-electron chi connectivity index (χ2n) is 3.95. The number of ether oxygens (including phenoxy) is 1. The quantitative estimate of drug-likeness (QED) is 0.857. The maximum Gasteiger partial charge on any atom is 0.123 e. The van der Waals surface area contributed by atoms with Crippen LogP contribution < -0.4 is 10.5 Å². The van der Waals surface area contributed by atoms with Gasteiger partial charge in [0.05, 0.1) is 12.1 Å². The van der Waals surface area contributed by atoms with Gasteiger partial charge in [0.2, 0.25) is 0 Å². The molecule has 0 spiro atoms. The van der Waals surface area contributed by atoms with E-state index >= 15 is 0 Å². The SMILES string of the molecule is COc1ccccc1C(N)CSc1ncccc1Cl. The first-order valence-corrected chi connectivity index (χ1v) is 7.20. The summed E-state index contributed by atoms with van der Waals surface area (Å²) in [5.74, 6) is 1.50. The number of benzene rings is 1. The van der Waals surface area contributed by atoms with Gasteiger partial charge in [0.15, 0.2) is 0 Å². The third-order valence-corrected chi connectivity index (χ3v) is 4.20. The highest BCUT2D eigenvalue weighted by Crippen LogP contribution is 2.30. The minimum Gasteiger partial charge on any atom is -0.496 e. The van der Waals surface area contributed by atoms with Crippen molar-refractivity contribution >= 4 is 23.4 Å². The lowest BCUT2D eigenvalue weighted by molar-refractivity contribution is 0.407. The highest BCUT2D eigenvalue weighted by Gasteiger charge is 2.12. The van der Waals surface area contributed by atoms with Crippen LogP contribution in [-0.4, -0.2) is 17.8 Å². The van der Waals surface area contributed by atoms with Gasteiger partial charge >= 0.3 is 0 Å². The van der Waals surface area contributed by atoms with Crippen LogP contribution in [0.25, 0.3) is 0 Å². The first-order valence-electron chi connectivity index (χ1n) is 5.84. The molecule has 0 aliphatic rings. The standard InChI is InChI=1S/C14H15ClN2OS/c1-18-13-7-3-2-5-10(13)12(16)9-19-14-11(15)6-4-8-17-14/h2-8,12H,9,16H2,1H3. The zero-order valence-corrected chi connectivity index (χ0v) is 12.1. The molecular formula is C14H15ClN2OS. The lowest BCUT2D eigenvalue weighted by Gasteiger charge is -2.15. The Labute approximate surface area is 122 Å². The van der Waals surface area contributed by atoms with Crippen molar-refractivity contribution in [1.29, 1.82) is 0 Å². The van der Waals surface area contributed by atoms with Crippen molar-refractivity contribution in [2.45, 2.75) is 11.1 Å². The van der Waals surface area contributed by atoms with Crippen LogP contribution in [-0.2, 0) is 0 Å². The van der Waals surface area contributed by atoms with Crippen LogP contribution in [0, 0.1) is 0 Å². The summed E-state index contributed by atoms with van der Waals surface area (Å²) in [6.07, 6.45) is 1.73. The van der Waals surface area contributed by atoms with Gasteiger partial charge in [0.1, 0.15) is 10.8 Å². The van der Waals surface area contributed by atoms with Gasteiger partial charge in [-0.25, -0.2) is 4.98 Å². The molecule has 0 fully saturated rings. The lowest BCUT2D eigenvalue weighted by Crippen LogP contribution is -2.14. The topological polar surface area (TPSA) is 48.1 Å². The van der Waals surface area contributed by atoms with Crippen molar-refractivity contribution in [3.8, 4) is 5.75 Å². The van der Waals surface area contributed by atoms with Gasteiger partial charge in [-0.15, -0.1) is 11.8 Å². The van der Waals surface area contributed by atoms with Crippen molar-refractivity contribution in [2.75, 3.05) is 12.9 Å². The van der Waals surface area contributed by atoms with Crippen molar-refractivity contribution < 1.29 is 4.74 Å². The summed E-state index contributed by atoms with van der Waals surface area (Å²) in [4.78, 5) is 4.23. The molecule has 2 N–H and O–H groups in total. The number of hydrogen-bond acceptors (Lipinski definition) is 4. The molecule has 2 aromatic rings. The van der Waals surface area contributed by atoms with Crippen molar-refractivity contribution in [3.05, 3.63) is 53.2 Å². The Bertz CT molecular complexity index is 550. The maximum absolute atomic E-state index is 6.20. The van der Waals surface area contributed by atoms with Gasteiger partial charge in [-0.3, -0.25) is 0 Å². The molecule has 0 aliphatic heterocycles. The van der Waals surface area contributed by atoms with Crippen LogP contribution in [0.5, 0.6) is 5.75 Å². The van der Waals surface area contributed by atoms with Crippen LogP contribution >= 0.6 is 23.4 Å². The number of para-hydroxylation sites is 1. The number of methoxy groups -OCH3 is 1. The molecule has 100 valence electrons. The summed E-state index contributed by atoms with van der Waals surface area (Å²) in [6, 6.07) is 11.3. The number of thioether (sulfide) groups is 1. The van der Waals surface area contributed by atoms with E-state index in [-0.39, 0.29) is 6.04 Å². The zero-order chi connectivity index (χ0) is 13.7. The monoisotopic (exact) mass is 294 g/mol. The van der Waals surface area contributed by atoms with Gasteiger partial charge < -0.3 is 10.5 Å². The number of hydrogen-bond donors (Lipinski definition) is 1. The molecule has 0 saturated heterocycles. The van der Waals surface area contributed by atoms with Crippen LogP contribution in [0.1, 0.15) is 11.6 Å². The van der Waals surface area contributed by atoms with Gasteiger partial charge in [0, 0.05) is 23.6 Å². The molecule has 3 nitrogen and oxygen atoms in total. The van der Waals surface area contributed by atoms with Crippen molar-refractivity contribution in [2.24, 2.45) is 5.73 Å². The van der Waals surface area contributed by atoms with E-state index in [9.17, 15) is 0 Å². The smallest absolute Gasteiger partial charge is 0.123 e. The first kappa shape index (κ1) is 14.2. The van der Waals surface area contributed by atoms with Gasteiger partial charge in [-0.2, -0.15) is 0 Å². The van der Waals surface area contributed by atoms with E-state index in [1.54, 1.807) is 25.1 Å². The van der Waals surface area contributed by atoms with E-state index < -0.39 is 0 Å². The number of nitrogens with zero attached hydrogens (tertiary/aromatic N) is 1. The Morgan fingerprint density at radius 2 is 2.11 bits per heavy atom. The first-order chi connectivity index (χ1) is 9.22. The predicted molar refractivity (Wildman–Crippen MR) is 79.9 cm³/mol. The van der Waals surface area contributed by atoms with Crippen LogP contribution in [0.15, 0.2) is 47.6 Å². The van der Waals surface area contributed by atoms with E-state index in [2.05, 4.69) is 4.98 Å². The zero-order valence-electron chi connectivity index (χ0n) is 10.5. The summed E-state index contributed by atoms with van der Waals surface area (Å²) in [5, 5.41) is 1.45. The third-order valence-electron chi connectivity index (χ3n) is 2.66. The van der Waals surface area contributed by atoms with Crippen LogP contribution in [0.2, 0.25) is 5.02 Å². The summed E-state index contributed by atoms with van der Waals surface area (Å²) >= 11 is 7.61. The second kappa shape index (κ2) is 6.80. The molecule has 1 unspecified atom stereocenters. The Hall–Kier alpha value is -1.23. The van der Waals surface area contributed by atoms with E-state index in [1.165, 1.54) is 0 Å². The highest BCUT2D eigenvalue weighted by molar-refractivity contribution is 7.99. The average Bonchev–Trinajstić information content (AvgIpc) is 2.46. The molecule has 5 heteroatoms. The number of nitrogens with two attached hydrogens (primary N) is 1. The second-order valence-corrected chi connectivity index (χ2v) is 5.37. The fraction of sp³-hybridized carbons (Fsp3) is 0.214. The van der Waals surface area contributed by atoms with Gasteiger partial charge in [-0.1, -0.05) is 29.8 Å². The Morgan fingerprint density at radius 1 is 1.32 bits per heavy atom. The van der Waals surface area contributed by atoms with Crippen molar-refractivity contribution in [1.82, 2.24) is 4.98 Å². The van der Waals surface area contributed by atoms with E-state index in [1.807, 2.05) is 36.4 Å². The molecule has 0 bridgehead atoms. The minimum absolute atomic E-state index is 0.126. The highest BCUT2D eigenvalue weighted by atomic mass is 35.5. The third kappa shape index (κ3) is 3.62. The Balaban J connectivity index is 2.05. The van der Waals surface area contributed by atoms with Gasteiger partial charge in [-0.05, 0) is 18.2 Å². The van der Waals surface area contributed by atoms with E-state index in [0.29, 0.717) is 10.8 Å². The largest absolute Gasteiger partial charge is 0.496 e. The molecule has 1 aromatic heterocycles. The summed E-state index contributed by atoms with van der Waals surface area (Å²) in [5.41, 5.74) is 7.19. The molecule has 0 saturated carbocycles. The molecule has 19 heavy (non-hydrogen) atoms.